The molecular formula is C19H20N2O3S. The summed E-state index contributed by atoms with van der Waals surface area (Å²) in [5.41, 5.74) is 6.25. The number of nitrogens with zero attached hydrogens (tertiary/aromatic N) is 1. The molecule has 0 bridgehead atoms. The number of nitrogen functional groups attached to an aromatic ring is 1. The molecule has 2 atom stereocenters. The summed E-state index contributed by atoms with van der Waals surface area (Å²) in [7, 11) is 0. The maximum Gasteiger partial charge on any atom is 0.325 e. The zero-order chi connectivity index (χ0) is 17.7. The molecule has 0 saturated heterocycles. The van der Waals surface area contributed by atoms with E-state index >= 15 is 0 Å². The number of carbonyl (C=O) groups is 1. The van der Waals surface area contributed by atoms with E-state index in [0.29, 0.717) is 17.4 Å². The lowest BCUT2D eigenvalue weighted by molar-refractivity contribution is -0.153. The summed E-state index contributed by atoms with van der Waals surface area (Å²) in [6.07, 6.45) is 6.79. The Bertz CT molecular complexity index is 785. The molecule has 2 aromatic rings. The molecule has 0 aliphatic heterocycles. The minimum atomic E-state index is -1.13. The van der Waals surface area contributed by atoms with Gasteiger partial charge in [0.2, 0.25) is 0 Å². The molecule has 130 valence electrons. The Balaban J connectivity index is 1.94. The first-order chi connectivity index (χ1) is 12.2. The molecule has 1 aromatic carbocycles. The minimum Gasteiger partial charge on any atom is -0.465 e. The van der Waals surface area contributed by atoms with Gasteiger partial charge in [-0.25, -0.2) is 4.98 Å². The van der Waals surface area contributed by atoms with E-state index < -0.39 is 11.5 Å². The van der Waals surface area contributed by atoms with Crippen LogP contribution in [0.15, 0.2) is 60.0 Å². The van der Waals surface area contributed by atoms with Crippen LogP contribution >= 0.6 is 11.3 Å². The monoisotopic (exact) mass is 356 g/mol. The molecule has 1 aliphatic carbocycles. The van der Waals surface area contributed by atoms with E-state index in [2.05, 4.69) is 4.98 Å². The molecule has 25 heavy (non-hydrogen) atoms. The summed E-state index contributed by atoms with van der Waals surface area (Å²) < 4.78 is 11.5. The van der Waals surface area contributed by atoms with Crippen molar-refractivity contribution in [3.8, 4) is 0 Å². The lowest BCUT2D eigenvalue weighted by Gasteiger charge is -2.34. The number of rotatable bonds is 6. The molecule has 0 radical (unpaired) electrons. The number of anilines is 1. The van der Waals surface area contributed by atoms with Crippen LogP contribution in [0, 0.1) is 0 Å². The zero-order valence-electron chi connectivity index (χ0n) is 13.9. The first-order valence-corrected chi connectivity index (χ1v) is 8.95. The molecule has 0 fully saturated rings. The lowest BCUT2D eigenvalue weighted by Crippen LogP contribution is -2.48. The van der Waals surface area contributed by atoms with Gasteiger partial charge in [-0.2, -0.15) is 0 Å². The fourth-order valence-corrected chi connectivity index (χ4v) is 3.45. The highest BCUT2D eigenvalue weighted by Crippen LogP contribution is 2.37. The van der Waals surface area contributed by atoms with Crippen LogP contribution in [0.1, 0.15) is 18.2 Å². The van der Waals surface area contributed by atoms with Crippen molar-refractivity contribution in [2.24, 2.45) is 0 Å². The van der Waals surface area contributed by atoms with E-state index in [9.17, 15) is 4.79 Å². The first-order valence-electron chi connectivity index (χ1n) is 8.07. The Morgan fingerprint density at radius 3 is 2.80 bits per heavy atom. The lowest BCUT2D eigenvalue weighted by atomic mass is 9.76. The van der Waals surface area contributed by atoms with Crippen molar-refractivity contribution in [2.45, 2.75) is 25.0 Å². The normalized spacial score (nSPS) is 22.0. The fraction of sp³-hybridized carbons (Fsp3) is 0.263. The third-order valence-electron chi connectivity index (χ3n) is 4.04. The summed E-state index contributed by atoms with van der Waals surface area (Å²) >= 11 is 1.29. The maximum atomic E-state index is 12.9. The van der Waals surface area contributed by atoms with Crippen molar-refractivity contribution >= 4 is 22.4 Å². The topological polar surface area (TPSA) is 74.4 Å². The number of hydrogen-bond donors (Lipinski definition) is 1. The smallest absolute Gasteiger partial charge is 0.325 e. The van der Waals surface area contributed by atoms with E-state index in [4.69, 9.17) is 15.2 Å². The average Bonchev–Trinajstić information content (AvgIpc) is 3.08. The highest BCUT2D eigenvalue weighted by atomic mass is 32.1. The van der Waals surface area contributed by atoms with Crippen molar-refractivity contribution in [1.29, 1.82) is 0 Å². The van der Waals surface area contributed by atoms with Gasteiger partial charge < -0.3 is 15.2 Å². The summed E-state index contributed by atoms with van der Waals surface area (Å²) in [5.74, 6) is -0.390. The van der Waals surface area contributed by atoms with Crippen LogP contribution in [0.5, 0.6) is 0 Å². The second kappa shape index (κ2) is 7.63. The van der Waals surface area contributed by atoms with Gasteiger partial charge in [0.1, 0.15) is 6.10 Å². The number of carbonyl (C=O) groups excluding carboxylic acids is 1. The molecule has 6 heteroatoms. The number of nitrogens with two attached hydrogens (primary N) is 1. The van der Waals surface area contributed by atoms with Gasteiger partial charge in [-0.15, -0.1) is 11.3 Å². The van der Waals surface area contributed by atoms with Crippen molar-refractivity contribution in [3.63, 3.8) is 0 Å². The quantitative estimate of drug-likeness (QED) is 0.804. The Morgan fingerprint density at radius 1 is 1.32 bits per heavy atom. The van der Waals surface area contributed by atoms with E-state index in [1.807, 2.05) is 48.6 Å². The second-order valence-corrected chi connectivity index (χ2v) is 6.51. The van der Waals surface area contributed by atoms with Gasteiger partial charge in [0, 0.05) is 5.38 Å². The van der Waals surface area contributed by atoms with Crippen molar-refractivity contribution in [2.75, 3.05) is 12.3 Å². The number of allylic oxidation sites excluding steroid dienone is 2. The van der Waals surface area contributed by atoms with E-state index in [1.54, 1.807) is 18.4 Å². The molecule has 1 unspecified atom stereocenters. The van der Waals surface area contributed by atoms with Crippen LogP contribution in [0.3, 0.4) is 0 Å². The third-order valence-corrected chi connectivity index (χ3v) is 4.71. The van der Waals surface area contributed by atoms with Crippen molar-refractivity contribution in [3.05, 3.63) is 71.3 Å². The van der Waals surface area contributed by atoms with Gasteiger partial charge in [0.15, 0.2) is 10.5 Å². The Kier molecular flexibility index (Phi) is 5.31. The Hall–Kier alpha value is -2.44. The molecule has 1 aliphatic rings. The molecule has 2 N–H and O–H groups in total. The number of esters is 1. The molecule has 5 nitrogen and oxygen atoms in total. The Morgan fingerprint density at radius 2 is 2.12 bits per heavy atom. The third kappa shape index (κ3) is 3.50. The molecule has 0 spiro atoms. The van der Waals surface area contributed by atoms with Crippen molar-refractivity contribution < 1.29 is 14.3 Å². The summed E-state index contributed by atoms with van der Waals surface area (Å²) in [5, 5.41) is 2.19. The highest BCUT2D eigenvalue weighted by Gasteiger charge is 2.49. The average molecular weight is 356 g/mol. The standard InChI is InChI=1S/C19H20N2O3S/c1-2-23-17(22)19(15-13-25-18(20)21-15)11-7-6-10-16(19)24-12-14-8-4-3-5-9-14/h3-11,13,16H,2,12H2,1H3,(H2,20,21)/t16?,19-/m0/s1. The van der Waals surface area contributed by atoms with Gasteiger partial charge in [-0.05, 0) is 12.5 Å². The van der Waals surface area contributed by atoms with Crippen LogP contribution < -0.4 is 5.73 Å². The predicted octanol–water partition coefficient (Wildman–Crippen LogP) is 3.24. The molecule has 1 aromatic heterocycles. The number of thiazole rings is 1. The summed E-state index contributed by atoms with van der Waals surface area (Å²) in [6, 6.07) is 9.82. The van der Waals surface area contributed by atoms with Crippen LogP contribution in [0.25, 0.3) is 0 Å². The molecule has 0 saturated carbocycles. The minimum absolute atomic E-state index is 0.281. The molecule has 1 heterocycles. The number of hydrogen-bond acceptors (Lipinski definition) is 6. The SMILES string of the molecule is CCOC(=O)[C@]1(c2csc(N)n2)C=CC=CC1OCc1ccccc1. The van der Waals surface area contributed by atoms with E-state index in [0.717, 1.165) is 5.56 Å². The van der Waals surface area contributed by atoms with Gasteiger partial charge in [0.05, 0.1) is 18.9 Å². The number of aromatic nitrogens is 1. The first kappa shape index (κ1) is 17.4. The molecular weight excluding hydrogens is 336 g/mol. The van der Waals surface area contributed by atoms with Crippen LogP contribution in [-0.2, 0) is 26.3 Å². The predicted molar refractivity (Wildman–Crippen MR) is 98.1 cm³/mol. The Labute approximate surface area is 150 Å². The second-order valence-electron chi connectivity index (χ2n) is 5.62. The maximum absolute atomic E-state index is 12.9. The zero-order valence-corrected chi connectivity index (χ0v) is 14.7. The van der Waals surface area contributed by atoms with Crippen LogP contribution in [-0.4, -0.2) is 23.7 Å². The highest BCUT2D eigenvalue weighted by molar-refractivity contribution is 7.13. The summed E-state index contributed by atoms with van der Waals surface area (Å²) in [4.78, 5) is 17.2. The van der Waals surface area contributed by atoms with Gasteiger partial charge in [0.25, 0.3) is 0 Å². The fourth-order valence-electron chi connectivity index (χ4n) is 2.81. The number of ether oxygens (including phenoxy) is 2. The van der Waals surface area contributed by atoms with Crippen LogP contribution in [0.4, 0.5) is 5.13 Å². The van der Waals surface area contributed by atoms with Gasteiger partial charge >= 0.3 is 5.97 Å². The number of benzene rings is 1. The summed E-state index contributed by atoms with van der Waals surface area (Å²) in [6.45, 7) is 2.44. The van der Waals surface area contributed by atoms with Crippen molar-refractivity contribution in [1.82, 2.24) is 4.98 Å². The van der Waals surface area contributed by atoms with Gasteiger partial charge in [-0.1, -0.05) is 54.6 Å². The van der Waals surface area contributed by atoms with E-state index in [-0.39, 0.29) is 12.6 Å². The van der Waals surface area contributed by atoms with Gasteiger partial charge in [-0.3, -0.25) is 4.79 Å². The van der Waals surface area contributed by atoms with E-state index in [1.165, 1.54) is 11.3 Å². The largest absolute Gasteiger partial charge is 0.465 e. The molecule has 0 amide bonds. The molecule has 3 rings (SSSR count). The van der Waals surface area contributed by atoms with Crippen LogP contribution in [0.2, 0.25) is 0 Å².